The van der Waals surface area contributed by atoms with Gasteiger partial charge in [0.2, 0.25) is 10.0 Å². The second-order valence-corrected chi connectivity index (χ2v) is 8.60. The molecule has 0 N–H and O–H groups in total. The molecule has 26 heavy (non-hydrogen) atoms. The maximum Gasteiger partial charge on any atom is 0.245 e. The van der Waals surface area contributed by atoms with E-state index in [1.165, 1.54) is 11.9 Å². The lowest BCUT2D eigenvalue weighted by atomic mass is 10.1. The smallest absolute Gasteiger partial charge is 0.245 e. The Bertz CT molecular complexity index is 868. The second kappa shape index (κ2) is 7.52. The number of likely N-dealkylation sites (N-methyl/N-ethyl adjacent to an activating group) is 1. The lowest BCUT2D eigenvalue weighted by Crippen LogP contribution is -2.44. The number of aromatic nitrogens is 1. The Kier molecular flexibility index (Phi) is 5.53. The van der Waals surface area contributed by atoms with E-state index in [4.69, 9.17) is 0 Å². The third-order valence-corrected chi connectivity index (χ3v) is 6.82. The van der Waals surface area contributed by atoms with Crippen LogP contribution in [0.3, 0.4) is 0 Å². The van der Waals surface area contributed by atoms with Crippen LogP contribution in [0.1, 0.15) is 11.1 Å². The zero-order valence-electron chi connectivity index (χ0n) is 14.7. The van der Waals surface area contributed by atoms with E-state index in [0.29, 0.717) is 13.1 Å². The predicted molar refractivity (Wildman–Crippen MR) is 104 cm³/mol. The first kappa shape index (κ1) is 19.1. The summed E-state index contributed by atoms with van der Waals surface area (Å²) in [6.07, 6.45) is 3.00. The van der Waals surface area contributed by atoms with E-state index in [0.717, 1.165) is 37.3 Å². The third kappa shape index (κ3) is 3.44. The summed E-state index contributed by atoms with van der Waals surface area (Å²) in [6.45, 7) is 4.86. The summed E-state index contributed by atoms with van der Waals surface area (Å²) < 4.78 is 27.3. The van der Waals surface area contributed by atoms with E-state index >= 15 is 0 Å². The lowest BCUT2D eigenvalue weighted by Gasteiger charge is -2.35. The molecule has 0 spiro atoms. The molecule has 0 saturated carbocycles. The van der Waals surface area contributed by atoms with Gasteiger partial charge in [-0.05, 0) is 36.4 Å². The van der Waals surface area contributed by atoms with Gasteiger partial charge in [-0.2, -0.15) is 4.31 Å². The molecule has 4 rings (SSSR count). The zero-order chi connectivity index (χ0) is 17.4. The lowest BCUT2D eigenvalue weighted by molar-refractivity contribution is 0.312. The third-order valence-electron chi connectivity index (χ3n) is 5.05. The van der Waals surface area contributed by atoms with E-state index in [-0.39, 0.29) is 17.3 Å². The van der Waals surface area contributed by atoms with Crippen LogP contribution < -0.4 is 4.90 Å². The summed E-state index contributed by atoms with van der Waals surface area (Å²) in [5, 5.41) is 0. The van der Waals surface area contributed by atoms with Gasteiger partial charge >= 0.3 is 0 Å². The van der Waals surface area contributed by atoms with E-state index in [1.54, 1.807) is 22.6 Å². The van der Waals surface area contributed by atoms with Crippen molar-refractivity contribution in [3.05, 3.63) is 53.9 Å². The minimum absolute atomic E-state index is 0. The van der Waals surface area contributed by atoms with Crippen molar-refractivity contribution in [2.45, 2.75) is 18.0 Å². The summed E-state index contributed by atoms with van der Waals surface area (Å²) in [6, 6.07) is 9.45. The standard InChI is InChI=1S/C18H22N4O2S.ClH/c1-20-8-10-21(11-9-20)18-6-2-4-15-13-22(14-17(15)18)25(23,24)16-5-3-7-19-12-16;/h2-7,12H,8-11,13-14H2,1H3;1H. The quantitative estimate of drug-likeness (QED) is 0.796. The van der Waals surface area contributed by atoms with Crippen LogP contribution in [0.4, 0.5) is 5.69 Å². The number of halogens is 1. The molecule has 140 valence electrons. The van der Waals surface area contributed by atoms with Gasteiger partial charge in [-0.1, -0.05) is 12.1 Å². The van der Waals surface area contributed by atoms with Crippen molar-refractivity contribution in [1.29, 1.82) is 0 Å². The zero-order valence-corrected chi connectivity index (χ0v) is 16.3. The highest BCUT2D eigenvalue weighted by Crippen LogP contribution is 2.35. The fourth-order valence-corrected chi connectivity index (χ4v) is 4.89. The van der Waals surface area contributed by atoms with Crippen LogP contribution in [0.15, 0.2) is 47.6 Å². The van der Waals surface area contributed by atoms with Crippen molar-refractivity contribution < 1.29 is 8.42 Å². The first-order valence-electron chi connectivity index (χ1n) is 8.50. The van der Waals surface area contributed by atoms with E-state index in [9.17, 15) is 8.42 Å². The Labute approximate surface area is 160 Å². The first-order chi connectivity index (χ1) is 12.1. The van der Waals surface area contributed by atoms with Gasteiger partial charge in [-0.25, -0.2) is 8.42 Å². The summed E-state index contributed by atoms with van der Waals surface area (Å²) in [4.78, 5) is 8.90. The van der Waals surface area contributed by atoms with Gasteiger partial charge < -0.3 is 9.80 Å². The van der Waals surface area contributed by atoms with Crippen LogP contribution in [0, 0.1) is 0 Å². The molecule has 2 aliphatic rings. The monoisotopic (exact) mass is 394 g/mol. The van der Waals surface area contributed by atoms with Crippen LogP contribution in [-0.2, 0) is 23.1 Å². The van der Waals surface area contributed by atoms with E-state index in [1.807, 2.05) is 12.1 Å². The van der Waals surface area contributed by atoms with Crippen molar-refractivity contribution in [3.63, 3.8) is 0 Å². The average molecular weight is 395 g/mol. The normalized spacial score (nSPS) is 18.4. The Morgan fingerprint density at radius 3 is 2.46 bits per heavy atom. The van der Waals surface area contributed by atoms with Gasteiger partial charge in [0, 0.05) is 57.3 Å². The minimum Gasteiger partial charge on any atom is -0.369 e. The molecule has 1 aromatic carbocycles. The molecular formula is C18H23ClN4O2S. The summed E-state index contributed by atoms with van der Waals surface area (Å²) in [5.74, 6) is 0. The number of benzene rings is 1. The molecule has 2 aromatic rings. The summed E-state index contributed by atoms with van der Waals surface area (Å²) in [5.41, 5.74) is 3.41. The maximum atomic E-state index is 12.9. The molecule has 2 aliphatic heterocycles. The fraction of sp³-hybridized carbons (Fsp3) is 0.389. The number of fused-ring (bicyclic) bond motifs is 1. The van der Waals surface area contributed by atoms with E-state index < -0.39 is 10.0 Å². The number of pyridine rings is 1. The van der Waals surface area contributed by atoms with Gasteiger partial charge in [-0.3, -0.25) is 4.98 Å². The molecule has 0 atom stereocenters. The number of piperazine rings is 1. The number of nitrogens with zero attached hydrogens (tertiary/aromatic N) is 4. The van der Waals surface area contributed by atoms with Gasteiger partial charge in [0.15, 0.2) is 0 Å². The van der Waals surface area contributed by atoms with Crippen molar-refractivity contribution in [1.82, 2.24) is 14.2 Å². The summed E-state index contributed by atoms with van der Waals surface area (Å²) >= 11 is 0. The van der Waals surface area contributed by atoms with Crippen LogP contribution in [0.25, 0.3) is 0 Å². The Hall–Kier alpha value is -1.67. The molecule has 1 saturated heterocycles. The summed E-state index contributed by atoms with van der Waals surface area (Å²) in [7, 11) is -1.38. The van der Waals surface area contributed by atoms with Crippen LogP contribution in [0.2, 0.25) is 0 Å². The molecular weight excluding hydrogens is 372 g/mol. The number of sulfonamides is 1. The van der Waals surface area contributed by atoms with Crippen molar-refractivity contribution in [2.75, 3.05) is 38.1 Å². The highest BCUT2D eigenvalue weighted by atomic mass is 35.5. The Morgan fingerprint density at radius 2 is 1.77 bits per heavy atom. The first-order valence-corrected chi connectivity index (χ1v) is 9.94. The van der Waals surface area contributed by atoms with Crippen molar-refractivity contribution in [2.24, 2.45) is 0 Å². The maximum absolute atomic E-state index is 12.9. The van der Waals surface area contributed by atoms with E-state index in [2.05, 4.69) is 27.9 Å². The molecule has 6 nitrogen and oxygen atoms in total. The van der Waals surface area contributed by atoms with Gasteiger partial charge in [0.1, 0.15) is 4.90 Å². The SMILES string of the molecule is CN1CCN(c2cccc3c2CN(S(=O)(=O)c2cccnc2)C3)CC1.Cl. The number of hydrogen-bond donors (Lipinski definition) is 0. The highest BCUT2D eigenvalue weighted by molar-refractivity contribution is 7.89. The van der Waals surface area contributed by atoms with Crippen LogP contribution in [0.5, 0.6) is 0 Å². The fourth-order valence-electron chi connectivity index (χ4n) is 3.54. The largest absolute Gasteiger partial charge is 0.369 e. The van der Waals surface area contributed by atoms with Crippen molar-refractivity contribution in [3.8, 4) is 0 Å². The molecule has 0 unspecified atom stereocenters. The number of hydrogen-bond acceptors (Lipinski definition) is 5. The van der Waals surface area contributed by atoms with Gasteiger partial charge in [0.25, 0.3) is 0 Å². The Balaban J connectivity index is 0.00000196. The highest BCUT2D eigenvalue weighted by Gasteiger charge is 2.33. The second-order valence-electron chi connectivity index (χ2n) is 6.67. The van der Waals surface area contributed by atoms with Crippen LogP contribution in [-0.4, -0.2) is 55.8 Å². The molecule has 0 amide bonds. The minimum atomic E-state index is -3.52. The average Bonchev–Trinajstić information content (AvgIpc) is 3.08. The van der Waals surface area contributed by atoms with Crippen LogP contribution >= 0.6 is 12.4 Å². The molecule has 3 heterocycles. The molecule has 8 heteroatoms. The molecule has 0 radical (unpaired) electrons. The number of rotatable bonds is 3. The molecule has 1 aromatic heterocycles. The predicted octanol–water partition coefficient (Wildman–Crippen LogP) is 1.96. The van der Waals surface area contributed by atoms with Gasteiger partial charge in [-0.15, -0.1) is 12.4 Å². The Morgan fingerprint density at radius 1 is 1.00 bits per heavy atom. The van der Waals surface area contributed by atoms with Crippen molar-refractivity contribution >= 4 is 28.1 Å². The topological polar surface area (TPSA) is 56.8 Å². The molecule has 1 fully saturated rings. The molecule has 0 aliphatic carbocycles. The molecule has 0 bridgehead atoms. The number of anilines is 1. The van der Waals surface area contributed by atoms with Gasteiger partial charge in [0.05, 0.1) is 0 Å².